The summed E-state index contributed by atoms with van der Waals surface area (Å²) in [5.74, 6) is -0.259. The molecule has 1 amide bonds. The molecule has 0 aromatic heterocycles. The molecule has 0 spiro atoms. The van der Waals surface area contributed by atoms with Crippen LogP contribution in [0.25, 0.3) is 0 Å². The molecular weight excluding hydrogens is 395 g/mol. The molecule has 1 fully saturated rings. The molecule has 2 atom stereocenters. The Morgan fingerprint density at radius 2 is 2.00 bits per heavy atom. The quantitative estimate of drug-likeness (QED) is 0.762. The molecule has 1 aliphatic rings. The summed E-state index contributed by atoms with van der Waals surface area (Å²) in [4.78, 5) is 12.5. The number of nitrogens with one attached hydrogen (secondary N) is 1. The van der Waals surface area contributed by atoms with Crippen LogP contribution in [0.15, 0.2) is 18.2 Å². The van der Waals surface area contributed by atoms with Crippen molar-refractivity contribution in [1.29, 1.82) is 0 Å². The number of hydrogen-bond acceptors (Lipinski definition) is 3. The van der Waals surface area contributed by atoms with Gasteiger partial charge in [0.1, 0.15) is 0 Å². The van der Waals surface area contributed by atoms with Crippen LogP contribution in [0.2, 0.25) is 10.0 Å². The van der Waals surface area contributed by atoms with Crippen LogP contribution < -0.4 is 5.32 Å². The second-order valence-corrected chi connectivity index (χ2v) is 10.0. The first-order valence-electron chi connectivity index (χ1n) is 8.82. The van der Waals surface area contributed by atoms with Crippen LogP contribution in [0.3, 0.4) is 0 Å². The van der Waals surface area contributed by atoms with Gasteiger partial charge in [-0.25, -0.2) is 12.7 Å². The Bertz CT molecular complexity index is 753. The molecule has 5 nitrogen and oxygen atoms in total. The van der Waals surface area contributed by atoms with Crippen molar-refractivity contribution in [1.82, 2.24) is 9.62 Å². The number of amides is 1. The van der Waals surface area contributed by atoms with E-state index in [0.29, 0.717) is 40.9 Å². The largest absolute Gasteiger partial charge is 0.353 e. The predicted octanol–water partition coefficient (Wildman–Crippen LogP) is 3.70. The van der Waals surface area contributed by atoms with Crippen molar-refractivity contribution in [2.75, 3.05) is 13.1 Å². The van der Waals surface area contributed by atoms with Crippen molar-refractivity contribution in [3.05, 3.63) is 33.8 Å². The number of sulfonamides is 1. The van der Waals surface area contributed by atoms with Crippen LogP contribution in [0.4, 0.5) is 0 Å². The van der Waals surface area contributed by atoms with Gasteiger partial charge in [-0.15, -0.1) is 0 Å². The molecule has 1 aromatic rings. The van der Waals surface area contributed by atoms with Gasteiger partial charge in [0.05, 0.1) is 11.7 Å². The molecule has 1 aromatic carbocycles. The minimum Gasteiger partial charge on any atom is -0.353 e. The minimum absolute atomic E-state index is 0.0577. The average Bonchev–Trinajstić information content (AvgIpc) is 2.57. The van der Waals surface area contributed by atoms with Gasteiger partial charge in [-0.1, -0.05) is 43.1 Å². The molecule has 0 bridgehead atoms. The van der Waals surface area contributed by atoms with Crippen molar-refractivity contribution in [2.24, 2.45) is 11.8 Å². The van der Waals surface area contributed by atoms with E-state index in [4.69, 9.17) is 23.2 Å². The SMILES string of the molecule is CC(C)[C@@H](C)NC(=O)[C@H]1CCCN(S(=O)(=O)Cc2ccc(Cl)cc2Cl)C1. The maximum Gasteiger partial charge on any atom is 0.224 e. The highest BCUT2D eigenvalue weighted by atomic mass is 35.5. The van der Waals surface area contributed by atoms with Gasteiger partial charge in [-0.2, -0.15) is 0 Å². The van der Waals surface area contributed by atoms with Crippen LogP contribution in [-0.2, 0) is 20.6 Å². The van der Waals surface area contributed by atoms with E-state index in [2.05, 4.69) is 5.32 Å². The number of carbonyl (C=O) groups excluding carboxylic acids is 1. The molecule has 0 radical (unpaired) electrons. The maximum atomic E-state index is 12.8. The summed E-state index contributed by atoms with van der Waals surface area (Å²) in [6.07, 6.45) is 1.37. The fraction of sp³-hybridized carbons (Fsp3) is 0.611. The Hall–Kier alpha value is -0.820. The van der Waals surface area contributed by atoms with Gasteiger partial charge in [-0.05, 0) is 43.4 Å². The third kappa shape index (κ3) is 5.59. The second kappa shape index (κ2) is 8.91. The van der Waals surface area contributed by atoms with Crippen molar-refractivity contribution >= 4 is 39.1 Å². The maximum absolute atomic E-state index is 12.8. The number of nitrogens with zero attached hydrogens (tertiary/aromatic N) is 1. The highest BCUT2D eigenvalue weighted by molar-refractivity contribution is 7.88. The van der Waals surface area contributed by atoms with Crippen LogP contribution in [0, 0.1) is 11.8 Å². The second-order valence-electron chi connectivity index (χ2n) is 7.23. The lowest BCUT2D eigenvalue weighted by Gasteiger charge is -2.32. The molecule has 1 N–H and O–H groups in total. The Morgan fingerprint density at radius 1 is 1.31 bits per heavy atom. The van der Waals surface area contributed by atoms with Gasteiger partial charge in [0.2, 0.25) is 15.9 Å². The van der Waals surface area contributed by atoms with Gasteiger partial charge < -0.3 is 5.32 Å². The summed E-state index contributed by atoms with van der Waals surface area (Å²) >= 11 is 12.0. The first kappa shape index (κ1) is 21.5. The lowest BCUT2D eigenvalue weighted by Crippen LogP contribution is -2.48. The topological polar surface area (TPSA) is 66.5 Å². The van der Waals surface area contributed by atoms with Crippen LogP contribution in [0.1, 0.15) is 39.2 Å². The third-order valence-corrected chi connectivity index (χ3v) is 7.25. The summed E-state index contributed by atoms with van der Waals surface area (Å²) in [5, 5.41) is 3.78. The van der Waals surface area contributed by atoms with Crippen molar-refractivity contribution in [3.8, 4) is 0 Å². The third-order valence-electron chi connectivity index (χ3n) is 4.87. The predicted molar refractivity (Wildman–Crippen MR) is 106 cm³/mol. The van der Waals surface area contributed by atoms with Gasteiger partial charge in [0, 0.05) is 29.2 Å². The Kier molecular flexibility index (Phi) is 7.36. The molecule has 1 aliphatic heterocycles. The van der Waals surface area contributed by atoms with Gasteiger partial charge >= 0.3 is 0 Å². The molecule has 26 heavy (non-hydrogen) atoms. The molecule has 146 valence electrons. The zero-order chi connectivity index (χ0) is 19.5. The fourth-order valence-corrected chi connectivity index (χ4v) is 5.04. The Balaban J connectivity index is 2.06. The summed E-state index contributed by atoms with van der Waals surface area (Å²) in [7, 11) is -3.56. The zero-order valence-electron chi connectivity index (χ0n) is 15.3. The van der Waals surface area contributed by atoms with E-state index in [9.17, 15) is 13.2 Å². The Labute approximate surface area is 166 Å². The average molecular weight is 421 g/mol. The van der Waals surface area contributed by atoms with Crippen molar-refractivity contribution in [2.45, 2.75) is 45.4 Å². The highest BCUT2D eigenvalue weighted by Crippen LogP contribution is 2.26. The Morgan fingerprint density at radius 3 is 2.62 bits per heavy atom. The smallest absolute Gasteiger partial charge is 0.224 e. The molecule has 0 saturated carbocycles. The van der Waals surface area contributed by atoms with E-state index in [1.54, 1.807) is 12.1 Å². The highest BCUT2D eigenvalue weighted by Gasteiger charge is 2.33. The van der Waals surface area contributed by atoms with E-state index in [0.717, 1.165) is 0 Å². The zero-order valence-corrected chi connectivity index (χ0v) is 17.7. The molecule has 8 heteroatoms. The number of rotatable bonds is 6. The van der Waals surface area contributed by atoms with Gasteiger partial charge in [0.15, 0.2) is 0 Å². The van der Waals surface area contributed by atoms with E-state index in [1.165, 1.54) is 10.4 Å². The molecular formula is C18H26Cl2N2O3S. The number of piperidine rings is 1. The van der Waals surface area contributed by atoms with E-state index >= 15 is 0 Å². The van der Waals surface area contributed by atoms with Crippen LogP contribution in [-0.4, -0.2) is 37.8 Å². The van der Waals surface area contributed by atoms with Crippen molar-refractivity contribution in [3.63, 3.8) is 0 Å². The van der Waals surface area contributed by atoms with Gasteiger partial charge in [-0.3, -0.25) is 4.79 Å². The number of hydrogen-bond donors (Lipinski definition) is 1. The molecule has 1 heterocycles. The van der Waals surface area contributed by atoms with Crippen molar-refractivity contribution < 1.29 is 13.2 Å². The summed E-state index contributed by atoms with van der Waals surface area (Å²) in [6, 6.07) is 4.84. The fourth-order valence-electron chi connectivity index (χ4n) is 2.84. The summed E-state index contributed by atoms with van der Waals surface area (Å²) in [5.41, 5.74) is 0.510. The lowest BCUT2D eigenvalue weighted by molar-refractivity contribution is -0.127. The van der Waals surface area contributed by atoms with E-state index in [1.807, 2.05) is 20.8 Å². The first-order valence-corrected chi connectivity index (χ1v) is 11.2. The summed E-state index contributed by atoms with van der Waals surface area (Å²) in [6.45, 7) is 6.68. The van der Waals surface area contributed by atoms with Crippen LogP contribution in [0.5, 0.6) is 0 Å². The van der Waals surface area contributed by atoms with Crippen LogP contribution >= 0.6 is 23.2 Å². The number of carbonyl (C=O) groups is 1. The summed E-state index contributed by atoms with van der Waals surface area (Å²) < 4.78 is 27.0. The monoisotopic (exact) mass is 420 g/mol. The van der Waals surface area contributed by atoms with Gasteiger partial charge in [0.25, 0.3) is 0 Å². The molecule has 2 rings (SSSR count). The van der Waals surface area contributed by atoms with E-state index < -0.39 is 10.0 Å². The molecule has 0 aliphatic carbocycles. The number of halogens is 2. The minimum atomic E-state index is -3.56. The molecule has 1 saturated heterocycles. The standard InChI is InChI=1S/C18H26Cl2N2O3S/c1-12(2)13(3)21-18(23)14-5-4-8-22(10-14)26(24,25)11-15-6-7-16(19)9-17(15)20/h6-7,9,12-14H,4-5,8,10-11H2,1-3H3,(H,21,23)/t13-,14+/m1/s1. The first-order chi connectivity index (χ1) is 12.1. The lowest BCUT2D eigenvalue weighted by atomic mass is 9.97. The normalized spacial score (nSPS) is 20.2. The number of benzene rings is 1. The molecule has 0 unspecified atom stereocenters. The van der Waals surface area contributed by atoms with E-state index in [-0.39, 0.29) is 30.2 Å².